The number of nitrogens with zero attached hydrogens (tertiary/aromatic N) is 1. The summed E-state index contributed by atoms with van der Waals surface area (Å²) in [4.78, 5) is 27.9. The molecule has 1 saturated carbocycles. The van der Waals surface area contributed by atoms with E-state index in [-0.39, 0.29) is 24.5 Å². The normalized spacial score (nSPS) is 14.6. The lowest BCUT2D eigenvalue weighted by Crippen LogP contribution is -2.52. The van der Waals surface area contributed by atoms with Crippen LogP contribution >= 0.6 is 0 Å². The lowest BCUT2D eigenvalue weighted by atomic mass is 10.1. The number of carbonyl (C=O) groups is 2. The lowest BCUT2D eigenvalue weighted by molar-refractivity contribution is -0.143. The van der Waals surface area contributed by atoms with Crippen LogP contribution < -0.4 is 14.8 Å². The largest absolute Gasteiger partial charge is 0.497 e. The summed E-state index contributed by atoms with van der Waals surface area (Å²) in [6.07, 6.45) is 4.82. The van der Waals surface area contributed by atoms with Crippen molar-refractivity contribution in [1.82, 2.24) is 10.2 Å². The predicted octanol–water partition coefficient (Wildman–Crippen LogP) is 3.94. The van der Waals surface area contributed by atoms with E-state index >= 15 is 0 Å². The standard InChI is InChI=1S/C25H32N2O4/c1-3-23(25(29)26-20-9-7-8-10-20)27(17-19-13-15-21(30-2)16-14-19)24(28)18-31-22-11-5-4-6-12-22/h4-6,11-16,20,23H,3,7-10,17-18H2,1-2H3,(H,26,29)/t23-/m0/s1. The fourth-order valence-electron chi connectivity index (χ4n) is 3.96. The van der Waals surface area contributed by atoms with Gasteiger partial charge in [-0.1, -0.05) is 50.1 Å². The summed E-state index contributed by atoms with van der Waals surface area (Å²) in [6, 6.07) is 16.4. The molecule has 1 atom stereocenters. The third-order valence-corrected chi connectivity index (χ3v) is 5.70. The van der Waals surface area contributed by atoms with Crippen molar-refractivity contribution in [2.45, 2.75) is 57.7 Å². The second-order valence-corrected chi connectivity index (χ2v) is 7.89. The Kier molecular flexibility index (Phi) is 8.33. The number of nitrogens with one attached hydrogen (secondary N) is 1. The molecule has 2 amide bonds. The summed E-state index contributed by atoms with van der Waals surface area (Å²) in [5.74, 6) is 1.08. The number of benzene rings is 2. The molecule has 6 heteroatoms. The summed E-state index contributed by atoms with van der Waals surface area (Å²) >= 11 is 0. The highest BCUT2D eigenvalue weighted by Crippen LogP contribution is 2.20. The molecule has 0 heterocycles. The number of carbonyl (C=O) groups excluding carboxylic acids is 2. The Balaban J connectivity index is 1.74. The minimum absolute atomic E-state index is 0.0871. The van der Waals surface area contributed by atoms with Gasteiger partial charge in [0, 0.05) is 12.6 Å². The molecule has 0 saturated heterocycles. The molecule has 1 N–H and O–H groups in total. The van der Waals surface area contributed by atoms with Gasteiger partial charge in [-0.05, 0) is 49.1 Å². The Labute approximate surface area is 184 Å². The fraction of sp³-hybridized carbons (Fsp3) is 0.440. The zero-order valence-electron chi connectivity index (χ0n) is 18.4. The predicted molar refractivity (Wildman–Crippen MR) is 120 cm³/mol. The number of amides is 2. The Morgan fingerprint density at radius 2 is 1.71 bits per heavy atom. The van der Waals surface area contributed by atoms with Crippen LogP contribution in [0.4, 0.5) is 0 Å². The lowest BCUT2D eigenvalue weighted by Gasteiger charge is -2.31. The van der Waals surface area contributed by atoms with E-state index in [1.54, 1.807) is 12.0 Å². The minimum atomic E-state index is -0.547. The van der Waals surface area contributed by atoms with Gasteiger partial charge in [0.15, 0.2) is 6.61 Å². The Hall–Kier alpha value is -3.02. The summed E-state index contributed by atoms with van der Waals surface area (Å²) in [6.45, 7) is 2.15. The van der Waals surface area contributed by atoms with Crippen LogP contribution in [0.3, 0.4) is 0 Å². The van der Waals surface area contributed by atoms with Crippen LogP contribution in [0.25, 0.3) is 0 Å². The van der Waals surface area contributed by atoms with E-state index < -0.39 is 6.04 Å². The van der Waals surface area contributed by atoms with Crippen molar-refractivity contribution in [2.24, 2.45) is 0 Å². The van der Waals surface area contributed by atoms with Crippen LogP contribution in [0.2, 0.25) is 0 Å². The Bertz CT molecular complexity index is 832. The molecule has 166 valence electrons. The van der Waals surface area contributed by atoms with Crippen molar-refractivity contribution in [2.75, 3.05) is 13.7 Å². The average Bonchev–Trinajstić information content (AvgIpc) is 3.31. The maximum absolute atomic E-state index is 13.2. The number of hydrogen-bond acceptors (Lipinski definition) is 4. The first-order valence-corrected chi connectivity index (χ1v) is 11.0. The smallest absolute Gasteiger partial charge is 0.261 e. The molecule has 2 aromatic rings. The van der Waals surface area contributed by atoms with Crippen LogP contribution in [-0.4, -0.2) is 42.5 Å². The van der Waals surface area contributed by atoms with Crippen molar-refractivity contribution >= 4 is 11.8 Å². The first kappa shape index (κ1) is 22.7. The molecule has 2 aromatic carbocycles. The van der Waals surface area contributed by atoms with Crippen LogP contribution in [0.5, 0.6) is 11.5 Å². The molecular formula is C25H32N2O4. The monoisotopic (exact) mass is 424 g/mol. The molecule has 0 aliphatic heterocycles. The third kappa shape index (κ3) is 6.48. The van der Waals surface area contributed by atoms with Crippen LogP contribution in [0.1, 0.15) is 44.6 Å². The van der Waals surface area contributed by atoms with Gasteiger partial charge in [0.05, 0.1) is 7.11 Å². The Morgan fingerprint density at radius 1 is 1.03 bits per heavy atom. The number of rotatable bonds is 10. The average molecular weight is 425 g/mol. The van der Waals surface area contributed by atoms with E-state index in [1.165, 1.54) is 0 Å². The van der Waals surface area contributed by atoms with E-state index in [4.69, 9.17) is 9.47 Å². The molecule has 0 radical (unpaired) electrons. The number of ether oxygens (including phenoxy) is 2. The van der Waals surface area contributed by atoms with Gasteiger partial charge in [-0.2, -0.15) is 0 Å². The van der Waals surface area contributed by atoms with Gasteiger partial charge in [0.2, 0.25) is 5.91 Å². The summed E-state index contributed by atoms with van der Waals surface area (Å²) < 4.78 is 10.9. The zero-order valence-corrected chi connectivity index (χ0v) is 18.4. The van der Waals surface area contributed by atoms with E-state index in [2.05, 4.69) is 5.32 Å². The summed E-state index contributed by atoms with van der Waals surface area (Å²) in [5, 5.41) is 3.15. The van der Waals surface area contributed by atoms with Crippen molar-refractivity contribution in [3.63, 3.8) is 0 Å². The topological polar surface area (TPSA) is 67.9 Å². The van der Waals surface area contributed by atoms with Gasteiger partial charge in [-0.25, -0.2) is 0 Å². The molecule has 1 aliphatic carbocycles. The van der Waals surface area contributed by atoms with E-state index in [0.717, 1.165) is 37.0 Å². The number of para-hydroxylation sites is 1. The van der Waals surface area contributed by atoms with Crippen molar-refractivity contribution in [3.05, 3.63) is 60.2 Å². The van der Waals surface area contributed by atoms with Crippen molar-refractivity contribution < 1.29 is 19.1 Å². The van der Waals surface area contributed by atoms with Gasteiger partial charge >= 0.3 is 0 Å². The van der Waals surface area contributed by atoms with Crippen LogP contribution in [0, 0.1) is 0 Å². The van der Waals surface area contributed by atoms with Gasteiger partial charge in [0.25, 0.3) is 5.91 Å². The van der Waals surface area contributed by atoms with Crippen molar-refractivity contribution in [3.8, 4) is 11.5 Å². The molecule has 3 rings (SSSR count). The fourth-order valence-corrected chi connectivity index (χ4v) is 3.96. The molecular weight excluding hydrogens is 392 g/mol. The van der Waals surface area contributed by atoms with Crippen LogP contribution in [-0.2, 0) is 16.1 Å². The summed E-state index contributed by atoms with van der Waals surface area (Å²) in [5.41, 5.74) is 0.931. The molecule has 6 nitrogen and oxygen atoms in total. The molecule has 1 aliphatic rings. The van der Waals surface area contributed by atoms with E-state index in [0.29, 0.717) is 18.7 Å². The number of methoxy groups -OCH3 is 1. The maximum Gasteiger partial charge on any atom is 0.261 e. The summed E-state index contributed by atoms with van der Waals surface area (Å²) in [7, 11) is 1.62. The van der Waals surface area contributed by atoms with Gasteiger partial charge in [0.1, 0.15) is 17.5 Å². The highest BCUT2D eigenvalue weighted by molar-refractivity contribution is 5.88. The molecule has 0 unspecified atom stereocenters. The third-order valence-electron chi connectivity index (χ3n) is 5.70. The quantitative estimate of drug-likeness (QED) is 0.627. The number of hydrogen-bond donors (Lipinski definition) is 1. The maximum atomic E-state index is 13.2. The van der Waals surface area contributed by atoms with Gasteiger partial charge in [-0.3, -0.25) is 9.59 Å². The first-order valence-electron chi connectivity index (χ1n) is 11.0. The Morgan fingerprint density at radius 3 is 2.32 bits per heavy atom. The van der Waals surface area contributed by atoms with Gasteiger partial charge < -0.3 is 19.7 Å². The molecule has 0 bridgehead atoms. The minimum Gasteiger partial charge on any atom is -0.497 e. The van der Waals surface area contributed by atoms with E-state index in [9.17, 15) is 9.59 Å². The van der Waals surface area contributed by atoms with Crippen LogP contribution in [0.15, 0.2) is 54.6 Å². The second-order valence-electron chi connectivity index (χ2n) is 7.89. The molecule has 0 spiro atoms. The molecule has 1 fully saturated rings. The van der Waals surface area contributed by atoms with Gasteiger partial charge in [-0.15, -0.1) is 0 Å². The van der Waals surface area contributed by atoms with Crippen molar-refractivity contribution in [1.29, 1.82) is 0 Å². The SMILES string of the molecule is CC[C@@H](C(=O)NC1CCCC1)N(Cc1ccc(OC)cc1)C(=O)COc1ccccc1. The highest BCUT2D eigenvalue weighted by Gasteiger charge is 2.30. The highest BCUT2D eigenvalue weighted by atomic mass is 16.5. The zero-order chi connectivity index (χ0) is 22.1. The first-order chi connectivity index (χ1) is 15.1. The second kappa shape index (κ2) is 11.4. The molecule has 0 aromatic heterocycles. The molecule has 31 heavy (non-hydrogen) atoms. The van der Waals surface area contributed by atoms with E-state index in [1.807, 2.05) is 61.5 Å².